The third kappa shape index (κ3) is 4.75. The fourth-order valence-electron chi connectivity index (χ4n) is 4.28. The minimum atomic E-state index is -1.04. The lowest BCUT2D eigenvalue weighted by atomic mass is 9.99. The Morgan fingerprint density at radius 2 is 1.95 bits per heavy atom. The summed E-state index contributed by atoms with van der Waals surface area (Å²) in [6.07, 6.45) is 3.54. The van der Waals surface area contributed by atoms with Crippen LogP contribution in [0.4, 0.5) is 22.0 Å². The normalized spacial score (nSPS) is 11.2. The minimum Gasteiger partial charge on any atom is -0.357 e. The molecule has 0 radical (unpaired) electrons. The number of fused-ring (bicyclic) bond motifs is 2. The van der Waals surface area contributed by atoms with Gasteiger partial charge >= 0.3 is 0 Å². The van der Waals surface area contributed by atoms with E-state index >= 15 is 0 Å². The zero-order chi connectivity index (χ0) is 26.8. The van der Waals surface area contributed by atoms with E-state index < -0.39 is 11.7 Å². The highest BCUT2D eigenvalue weighted by Gasteiger charge is 2.16. The number of halogens is 1. The van der Waals surface area contributed by atoms with E-state index in [9.17, 15) is 9.18 Å². The molecule has 0 aliphatic carbocycles. The molecular formula is C28H27FN8O. The van der Waals surface area contributed by atoms with E-state index in [0.717, 1.165) is 38.8 Å². The molecule has 3 aromatic heterocycles. The molecule has 2 aromatic carbocycles. The van der Waals surface area contributed by atoms with Crippen LogP contribution in [-0.2, 0) is 11.3 Å². The number of carbonyl (C=O) groups excluding carboxylic acids is 1. The number of pyridine rings is 1. The Kier molecular flexibility index (Phi) is 6.69. The summed E-state index contributed by atoms with van der Waals surface area (Å²) in [5.41, 5.74) is 5.01. The van der Waals surface area contributed by atoms with Crippen LogP contribution in [0.1, 0.15) is 30.9 Å². The number of hydrogen-bond donors (Lipinski definition) is 3. The van der Waals surface area contributed by atoms with Crippen LogP contribution >= 0.6 is 0 Å². The Morgan fingerprint density at radius 3 is 2.71 bits per heavy atom. The van der Waals surface area contributed by atoms with Gasteiger partial charge in [-0.25, -0.2) is 4.39 Å². The number of hydrogen-bond acceptors (Lipinski definition) is 7. The molecule has 38 heavy (non-hydrogen) atoms. The maximum absolute atomic E-state index is 13.1. The van der Waals surface area contributed by atoms with Crippen LogP contribution < -0.4 is 16.0 Å². The first-order chi connectivity index (χ1) is 18.4. The van der Waals surface area contributed by atoms with E-state index in [1.807, 2.05) is 42.6 Å². The number of nitrogens with one attached hydrogen (secondary N) is 3. The fraction of sp³-hybridized carbons (Fsp3) is 0.179. The molecule has 5 rings (SSSR count). The topological polar surface area (TPSA) is 109 Å². The molecule has 192 valence electrons. The maximum atomic E-state index is 13.1. The number of benzene rings is 2. The van der Waals surface area contributed by atoms with Crippen molar-refractivity contribution in [2.45, 2.75) is 26.3 Å². The van der Waals surface area contributed by atoms with Gasteiger partial charge in [0.05, 0.1) is 11.9 Å². The van der Waals surface area contributed by atoms with Crippen molar-refractivity contribution in [1.82, 2.24) is 24.6 Å². The van der Waals surface area contributed by atoms with Gasteiger partial charge in [0.25, 0.3) is 5.91 Å². The molecule has 0 spiro atoms. The van der Waals surface area contributed by atoms with Crippen molar-refractivity contribution in [3.05, 3.63) is 84.5 Å². The molecule has 3 heterocycles. The minimum absolute atomic E-state index is 0.266. The van der Waals surface area contributed by atoms with Crippen LogP contribution in [0.3, 0.4) is 0 Å². The number of carbonyl (C=O) groups is 1. The molecule has 0 aliphatic heterocycles. The summed E-state index contributed by atoms with van der Waals surface area (Å²) in [5, 5.41) is 15.2. The molecular weight excluding hydrogens is 483 g/mol. The van der Waals surface area contributed by atoms with Gasteiger partial charge in [0.2, 0.25) is 11.9 Å². The fourth-order valence-corrected chi connectivity index (χ4v) is 4.28. The summed E-state index contributed by atoms with van der Waals surface area (Å²) in [6.45, 7) is 7.71. The van der Waals surface area contributed by atoms with E-state index in [1.165, 1.54) is 0 Å². The predicted molar refractivity (Wildman–Crippen MR) is 148 cm³/mol. The average molecular weight is 511 g/mol. The molecule has 0 unspecified atom stereocenters. The van der Waals surface area contributed by atoms with Crippen molar-refractivity contribution in [3.63, 3.8) is 0 Å². The van der Waals surface area contributed by atoms with Gasteiger partial charge < -0.3 is 16.0 Å². The van der Waals surface area contributed by atoms with Crippen LogP contribution in [0.15, 0.2) is 73.3 Å². The molecule has 0 saturated carbocycles. The van der Waals surface area contributed by atoms with Gasteiger partial charge in [0.15, 0.2) is 11.5 Å². The van der Waals surface area contributed by atoms with Gasteiger partial charge in [0, 0.05) is 42.0 Å². The standard InChI is InChI=1S/C28H27FN8O/c1-16(2)23-15-33-37-25(23)35-27(30-4)36-28(37)32-14-19-7-5-6-8-21(19)24-22-10-9-20(34-26(38)17(3)29)13-18(22)11-12-31-24/h5-13,15-16H,3,14H2,1-2,4H3,(H,34,38)(H2,30,32,35,36). The lowest BCUT2D eigenvalue weighted by Crippen LogP contribution is -2.11. The molecule has 0 fully saturated rings. The van der Waals surface area contributed by atoms with Crippen molar-refractivity contribution in [1.29, 1.82) is 0 Å². The summed E-state index contributed by atoms with van der Waals surface area (Å²) < 4.78 is 14.9. The van der Waals surface area contributed by atoms with Crippen LogP contribution in [0.2, 0.25) is 0 Å². The first-order valence-electron chi connectivity index (χ1n) is 12.2. The van der Waals surface area contributed by atoms with Crippen LogP contribution in [0.25, 0.3) is 27.7 Å². The van der Waals surface area contributed by atoms with Crippen LogP contribution in [-0.4, -0.2) is 37.5 Å². The average Bonchev–Trinajstić information content (AvgIpc) is 3.36. The van der Waals surface area contributed by atoms with E-state index in [4.69, 9.17) is 0 Å². The van der Waals surface area contributed by atoms with Gasteiger partial charge in [-0.05, 0) is 35.1 Å². The second kappa shape index (κ2) is 10.3. The highest BCUT2D eigenvalue weighted by molar-refractivity contribution is 6.04. The van der Waals surface area contributed by atoms with Crippen molar-refractivity contribution in [3.8, 4) is 11.3 Å². The van der Waals surface area contributed by atoms with Crippen molar-refractivity contribution < 1.29 is 9.18 Å². The molecule has 0 atom stereocenters. The quantitative estimate of drug-likeness (QED) is 0.235. The third-order valence-electron chi connectivity index (χ3n) is 6.22. The van der Waals surface area contributed by atoms with E-state index in [2.05, 4.69) is 56.4 Å². The second-order valence-electron chi connectivity index (χ2n) is 9.08. The van der Waals surface area contributed by atoms with Gasteiger partial charge in [-0.15, -0.1) is 0 Å². The van der Waals surface area contributed by atoms with Gasteiger partial charge in [0.1, 0.15) is 0 Å². The molecule has 0 saturated heterocycles. The molecule has 3 N–H and O–H groups in total. The highest BCUT2D eigenvalue weighted by Crippen LogP contribution is 2.31. The van der Waals surface area contributed by atoms with Crippen LogP contribution in [0.5, 0.6) is 0 Å². The van der Waals surface area contributed by atoms with Crippen molar-refractivity contribution >= 4 is 39.9 Å². The Labute approximate surface area is 218 Å². The Balaban J connectivity index is 1.49. The number of anilines is 3. The SMILES string of the molecule is C=C(F)C(=O)Nc1ccc2c(-c3ccccc3CNc3nc(NC)nc4c(C(C)C)cnn34)nccc2c1. The molecule has 10 heteroatoms. The Morgan fingerprint density at radius 1 is 1.13 bits per heavy atom. The Bertz CT molecular complexity index is 1680. The number of nitrogens with zero attached hydrogens (tertiary/aromatic N) is 5. The smallest absolute Gasteiger partial charge is 0.283 e. The second-order valence-corrected chi connectivity index (χ2v) is 9.08. The summed E-state index contributed by atoms with van der Waals surface area (Å²) in [7, 11) is 1.78. The first kappa shape index (κ1) is 24.8. The Hall–Kier alpha value is -4.86. The summed E-state index contributed by atoms with van der Waals surface area (Å²) >= 11 is 0. The van der Waals surface area contributed by atoms with E-state index in [1.54, 1.807) is 29.9 Å². The molecule has 1 amide bonds. The van der Waals surface area contributed by atoms with Crippen molar-refractivity contribution in [2.24, 2.45) is 0 Å². The molecule has 5 aromatic rings. The zero-order valence-corrected chi connectivity index (χ0v) is 21.3. The predicted octanol–water partition coefficient (Wildman–Crippen LogP) is 5.54. The summed E-state index contributed by atoms with van der Waals surface area (Å²) in [6, 6.07) is 15.2. The molecule has 0 bridgehead atoms. The summed E-state index contributed by atoms with van der Waals surface area (Å²) in [4.78, 5) is 25.6. The number of amides is 1. The number of rotatable bonds is 8. The van der Waals surface area contributed by atoms with Crippen molar-refractivity contribution in [2.75, 3.05) is 23.0 Å². The highest BCUT2D eigenvalue weighted by atomic mass is 19.1. The summed E-state index contributed by atoms with van der Waals surface area (Å²) in [5.74, 6) is -0.566. The molecule has 9 nitrogen and oxygen atoms in total. The lowest BCUT2D eigenvalue weighted by molar-refractivity contribution is -0.114. The van der Waals surface area contributed by atoms with Gasteiger partial charge in [-0.2, -0.15) is 19.6 Å². The van der Waals surface area contributed by atoms with Crippen LogP contribution in [0, 0.1) is 0 Å². The lowest BCUT2D eigenvalue weighted by Gasteiger charge is -2.14. The van der Waals surface area contributed by atoms with Gasteiger partial charge in [-0.3, -0.25) is 9.78 Å². The zero-order valence-electron chi connectivity index (χ0n) is 21.3. The molecule has 0 aliphatic rings. The monoisotopic (exact) mass is 510 g/mol. The third-order valence-corrected chi connectivity index (χ3v) is 6.22. The van der Waals surface area contributed by atoms with Gasteiger partial charge in [-0.1, -0.05) is 50.8 Å². The number of aromatic nitrogens is 5. The first-order valence-corrected chi connectivity index (χ1v) is 12.2. The maximum Gasteiger partial charge on any atom is 0.283 e. The van der Waals surface area contributed by atoms with E-state index in [0.29, 0.717) is 24.1 Å². The van der Waals surface area contributed by atoms with E-state index in [-0.39, 0.29) is 5.92 Å². The largest absolute Gasteiger partial charge is 0.357 e.